The van der Waals surface area contributed by atoms with Crippen molar-refractivity contribution >= 4 is 0 Å². The van der Waals surface area contributed by atoms with Crippen LogP contribution in [0.25, 0.3) is 0 Å². The lowest BCUT2D eigenvalue weighted by Gasteiger charge is -2.32. The summed E-state index contributed by atoms with van der Waals surface area (Å²) >= 11 is 0. The lowest BCUT2D eigenvalue weighted by atomic mass is 10.0. The van der Waals surface area contributed by atoms with Gasteiger partial charge in [0.2, 0.25) is 0 Å². The summed E-state index contributed by atoms with van der Waals surface area (Å²) in [5.41, 5.74) is 0. The molecule has 1 aliphatic heterocycles. The number of hydrogen-bond acceptors (Lipinski definition) is 3. The number of nitriles is 1. The van der Waals surface area contributed by atoms with Gasteiger partial charge in [0, 0.05) is 6.04 Å². The maximum absolute atomic E-state index is 8.94. The number of nitrogens with zero attached hydrogens (tertiary/aromatic N) is 2. The van der Waals surface area contributed by atoms with Gasteiger partial charge in [0.05, 0.1) is 19.2 Å². The van der Waals surface area contributed by atoms with E-state index in [0.29, 0.717) is 6.54 Å². The second-order valence-corrected chi connectivity index (χ2v) is 2.96. The summed E-state index contributed by atoms with van der Waals surface area (Å²) in [4.78, 5) is 2.06. The number of hydrogen-bond donors (Lipinski definition) is 1. The van der Waals surface area contributed by atoms with Gasteiger partial charge in [-0.15, -0.1) is 0 Å². The van der Waals surface area contributed by atoms with Crippen molar-refractivity contribution in [3.63, 3.8) is 0 Å². The number of rotatable bonds is 2. The molecule has 3 nitrogen and oxygen atoms in total. The van der Waals surface area contributed by atoms with Crippen LogP contribution in [-0.4, -0.2) is 35.7 Å². The van der Waals surface area contributed by atoms with E-state index in [0.717, 1.165) is 19.4 Å². The van der Waals surface area contributed by atoms with Crippen molar-refractivity contribution in [1.29, 1.82) is 5.26 Å². The van der Waals surface area contributed by atoms with Gasteiger partial charge in [-0.3, -0.25) is 4.90 Å². The van der Waals surface area contributed by atoms with Crippen molar-refractivity contribution in [3.8, 4) is 6.07 Å². The van der Waals surface area contributed by atoms with Crippen molar-refractivity contribution in [2.24, 2.45) is 0 Å². The van der Waals surface area contributed by atoms with Crippen molar-refractivity contribution in [3.05, 3.63) is 0 Å². The molecule has 1 N–H and O–H groups in total. The highest BCUT2D eigenvalue weighted by molar-refractivity contribution is 4.84. The Kier molecular flexibility index (Phi) is 3.34. The van der Waals surface area contributed by atoms with E-state index in [1.165, 1.54) is 6.42 Å². The van der Waals surface area contributed by atoms with Gasteiger partial charge in [0.25, 0.3) is 0 Å². The minimum atomic E-state index is 0.196. The average Bonchev–Trinajstić information content (AvgIpc) is 2.06. The van der Waals surface area contributed by atoms with Gasteiger partial charge in [-0.2, -0.15) is 5.26 Å². The predicted octanol–water partition coefficient (Wildman–Crippen LogP) is 0.357. The molecule has 1 fully saturated rings. The molecule has 1 heterocycles. The molecule has 0 bridgehead atoms. The molecule has 0 spiro atoms. The summed E-state index contributed by atoms with van der Waals surface area (Å²) in [5, 5.41) is 17.4. The molecule has 0 aliphatic carbocycles. The monoisotopic (exact) mass is 154 g/mol. The highest BCUT2D eigenvalue weighted by atomic mass is 16.3. The first kappa shape index (κ1) is 8.51. The standard InChI is InChI=1S/C8H14N2O/c9-4-6-10-5-2-1-3-8(10)7-11/h8,11H,1-3,5-7H2. The molecule has 0 radical (unpaired) electrons. The molecule has 0 saturated carbocycles. The largest absolute Gasteiger partial charge is 0.395 e. The van der Waals surface area contributed by atoms with E-state index in [9.17, 15) is 0 Å². The lowest BCUT2D eigenvalue weighted by Crippen LogP contribution is -2.41. The van der Waals surface area contributed by atoms with Crippen LogP contribution in [0.3, 0.4) is 0 Å². The summed E-state index contributed by atoms with van der Waals surface area (Å²) < 4.78 is 0. The summed E-state index contributed by atoms with van der Waals surface area (Å²) in [6.07, 6.45) is 3.39. The zero-order valence-electron chi connectivity index (χ0n) is 6.66. The number of aliphatic hydroxyl groups excluding tert-OH is 1. The zero-order valence-corrected chi connectivity index (χ0v) is 6.66. The van der Waals surface area contributed by atoms with Crippen LogP contribution in [0.1, 0.15) is 19.3 Å². The highest BCUT2D eigenvalue weighted by Crippen LogP contribution is 2.15. The maximum Gasteiger partial charge on any atom is 0.0869 e. The second-order valence-electron chi connectivity index (χ2n) is 2.96. The van der Waals surface area contributed by atoms with E-state index < -0.39 is 0 Å². The molecule has 3 heteroatoms. The Bertz CT molecular complexity index is 153. The first-order valence-corrected chi connectivity index (χ1v) is 4.10. The van der Waals surface area contributed by atoms with Crippen LogP contribution in [0.4, 0.5) is 0 Å². The third kappa shape index (κ3) is 2.18. The smallest absolute Gasteiger partial charge is 0.0869 e. The van der Waals surface area contributed by atoms with Crippen LogP contribution in [0.15, 0.2) is 0 Å². The minimum absolute atomic E-state index is 0.196. The van der Waals surface area contributed by atoms with Crippen molar-refractivity contribution in [2.45, 2.75) is 25.3 Å². The van der Waals surface area contributed by atoms with Gasteiger partial charge < -0.3 is 5.11 Å². The molecule has 11 heavy (non-hydrogen) atoms. The summed E-state index contributed by atoms with van der Waals surface area (Å²) in [6.45, 7) is 1.63. The van der Waals surface area contributed by atoms with Crippen LogP contribution >= 0.6 is 0 Å². The molecule has 1 saturated heterocycles. The fraction of sp³-hybridized carbons (Fsp3) is 0.875. The molecule has 1 aliphatic rings. The van der Waals surface area contributed by atoms with Crippen LogP contribution < -0.4 is 0 Å². The molecular formula is C8H14N2O. The first-order valence-electron chi connectivity index (χ1n) is 4.10. The Morgan fingerprint density at radius 2 is 2.36 bits per heavy atom. The Balaban J connectivity index is 2.39. The van der Waals surface area contributed by atoms with Crippen LogP contribution in [0.2, 0.25) is 0 Å². The van der Waals surface area contributed by atoms with E-state index in [4.69, 9.17) is 10.4 Å². The number of aliphatic hydroxyl groups is 1. The van der Waals surface area contributed by atoms with Gasteiger partial charge in [0.1, 0.15) is 0 Å². The van der Waals surface area contributed by atoms with Gasteiger partial charge in [-0.05, 0) is 19.4 Å². The molecule has 1 rings (SSSR count). The summed E-state index contributed by atoms with van der Waals surface area (Å²) in [6, 6.07) is 2.36. The third-order valence-electron chi connectivity index (χ3n) is 2.23. The normalized spacial score (nSPS) is 26.4. The maximum atomic E-state index is 8.94. The van der Waals surface area contributed by atoms with Gasteiger partial charge >= 0.3 is 0 Å². The Hall–Kier alpha value is -0.590. The topological polar surface area (TPSA) is 47.3 Å². The van der Waals surface area contributed by atoms with E-state index in [1.54, 1.807) is 0 Å². The molecule has 1 unspecified atom stereocenters. The second kappa shape index (κ2) is 4.32. The number of piperidine rings is 1. The molecule has 0 aromatic carbocycles. The Morgan fingerprint density at radius 3 is 3.00 bits per heavy atom. The molecular weight excluding hydrogens is 140 g/mol. The van der Waals surface area contributed by atoms with Gasteiger partial charge in [0.15, 0.2) is 0 Å². The average molecular weight is 154 g/mol. The molecule has 1 atom stereocenters. The SMILES string of the molecule is N#CCN1CCCCC1CO. The molecule has 0 aromatic heterocycles. The van der Waals surface area contributed by atoms with E-state index in [-0.39, 0.29) is 12.6 Å². The van der Waals surface area contributed by atoms with Crippen molar-refractivity contribution in [2.75, 3.05) is 19.7 Å². The van der Waals surface area contributed by atoms with Crippen LogP contribution in [-0.2, 0) is 0 Å². The molecule has 0 aromatic rings. The van der Waals surface area contributed by atoms with Crippen molar-refractivity contribution in [1.82, 2.24) is 4.90 Å². The van der Waals surface area contributed by atoms with E-state index in [2.05, 4.69) is 11.0 Å². The lowest BCUT2D eigenvalue weighted by molar-refractivity contribution is 0.102. The Morgan fingerprint density at radius 1 is 1.55 bits per heavy atom. The quantitative estimate of drug-likeness (QED) is 0.584. The summed E-state index contributed by atoms with van der Waals surface area (Å²) in [5.74, 6) is 0. The molecule has 0 amide bonds. The number of likely N-dealkylation sites (tertiary alicyclic amines) is 1. The van der Waals surface area contributed by atoms with Crippen LogP contribution in [0, 0.1) is 11.3 Å². The highest BCUT2D eigenvalue weighted by Gasteiger charge is 2.20. The first-order chi connectivity index (χ1) is 5.38. The van der Waals surface area contributed by atoms with Crippen molar-refractivity contribution < 1.29 is 5.11 Å². The van der Waals surface area contributed by atoms with E-state index >= 15 is 0 Å². The minimum Gasteiger partial charge on any atom is -0.395 e. The van der Waals surface area contributed by atoms with Gasteiger partial charge in [-0.1, -0.05) is 6.42 Å². The van der Waals surface area contributed by atoms with Gasteiger partial charge in [-0.25, -0.2) is 0 Å². The van der Waals surface area contributed by atoms with Crippen LogP contribution in [0.5, 0.6) is 0 Å². The molecule has 62 valence electrons. The third-order valence-corrected chi connectivity index (χ3v) is 2.23. The zero-order chi connectivity index (χ0) is 8.10. The Labute approximate surface area is 67.2 Å². The fourth-order valence-electron chi connectivity index (χ4n) is 1.57. The van der Waals surface area contributed by atoms with E-state index in [1.807, 2.05) is 0 Å². The fourth-order valence-corrected chi connectivity index (χ4v) is 1.57. The summed E-state index contributed by atoms with van der Waals surface area (Å²) in [7, 11) is 0. The predicted molar refractivity (Wildman–Crippen MR) is 41.9 cm³/mol.